The fourth-order valence-corrected chi connectivity index (χ4v) is 2.74. The first-order chi connectivity index (χ1) is 11.1. The van der Waals surface area contributed by atoms with E-state index in [0.717, 1.165) is 23.5 Å². The summed E-state index contributed by atoms with van der Waals surface area (Å²) in [6.07, 6.45) is 2.01. The zero-order valence-corrected chi connectivity index (χ0v) is 14.0. The number of carbonyl (C=O) groups is 1. The van der Waals surface area contributed by atoms with Gasteiger partial charge < -0.3 is 19.9 Å². The molecular formula is C18H27NO4. The Hall–Kier alpha value is -1.75. The highest BCUT2D eigenvalue weighted by molar-refractivity contribution is 5.76. The first-order valence-corrected chi connectivity index (χ1v) is 8.34. The van der Waals surface area contributed by atoms with Crippen molar-refractivity contribution in [1.29, 1.82) is 0 Å². The van der Waals surface area contributed by atoms with Gasteiger partial charge in [0, 0.05) is 19.6 Å². The second-order valence-corrected chi connectivity index (χ2v) is 6.46. The molecule has 2 rings (SSSR count). The van der Waals surface area contributed by atoms with Gasteiger partial charge in [-0.15, -0.1) is 0 Å². The highest BCUT2D eigenvalue weighted by atomic mass is 16.6. The van der Waals surface area contributed by atoms with E-state index in [0.29, 0.717) is 38.5 Å². The Morgan fingerprint density at radius 3 is 2.70 bits per heavy atom. The van der Waals surface area contributed by atoms with Crippen molar-refractivity contribution in [2.75, 3.05) is 26.4 Å². The molecule has 0 bridgehead atoms. The van der Waals surface area contributed by atoms with Crippen LogP contribution >= 0.6 is 0 Å². The molecule has 0 saturated carbocycles. The molecule has 5 nitrogen and oxygen atoms in total. The number of hydrogen-bond acceptors (Lipinski definition) is 4. The maximum absolute atomic E-state index is 12.0. The Morgan fingerprint density at radius 1 is 1.26 bits per heavy atom. The molecule has 1 atom stereocenters. The number of rotatable bonds is 8. The molecule has 1 aliphatic heterocycles. The van der Waals surface area contributed by atoms with Crippen molar-refractivity contribution in [3.8, 4) is 11.5 Å². The molecule has 0 unspecified atom stereocenters. The lowest BCUT2D eigenvalue weighted by atomic mass is 9.98. The number of amides is 1. The first-order valence-electron chi connectivity index (χ1n) is 8.34. The third-order valence-corrected chi connectivity index (χ3v) is 3.90. The number of carbonyl (C=O) groups excluding carboxylic acids is 1. The van der Waals surface area contributed by atoms with Crippen LogP contribution in [-0.4, -0.2) is 37.4 Å². The molecule has 0 fully saturated rings. The molecule has 0 radical (unpaired) electrons. The smallest absolute Gasteiger partial charge is 0.220 e. The Kier molecular flexibility index (Phi) is 6.71. The van der Waals surface area contributed by atoms with Gasteiger partial charge in [0.2, 0.25) is 5.91 Å². The van der Waals surface area contributed by atoms with Crippen LogP contribution in [0.4, 0.5) is 0 Å². The van der Waals surface area contributed by atoms with Gasteiger partial charge in [-0.25, -0.2) is 0 Å². The van der Waals surface area contributed by atoms with E-state index in [1.807, 2.05) is 18.2 Å². The normalized spacial score (nSPS) is 14.6. The highest BCUT2D eigenvalue weighted by Gasteiger charge is 2.13. The van der Waals surface area contributed by atoms with E-state index in [2.05, 4.69) is 19.2 Å². The molecule has 1 aromatic rings. The van der Waals surface area contributed by atoms with Crippen LogP contribution in [0.5, 0.6) is 11.5 Å². The SMILES string of the molecule is CC(C)C[C@H](CO)CNC(=O)CCc1ccc2c(c1)OCCO2. The molecule has 1 aromatic carbocycles. The van der Waals surface area contributed by atoms with Gasteiger partial charge in [-0.2, -0.15) is 0 Å². The van der Waals surface area contributed by atoms with E-state index in [9.17, 15) is 9.90 Å². The Morgan fingerprint density at radius 2 is 2.00 bits per heavy atom. The van der Waals surface area contributed by atoms with Crippen molar-refractivity contribution >= 4 is 5.91 Å². The van der Waals surface area contributed by atoms with E-state index in [4.69, 9.17) is 9.47 Å². The van der Waals surface area contributed by atoms with Crippen LogP contribution in [0, 0.1) is 11.8 Å². The van der Waals surface area contributed by atoms with E-state index in [1.54, 1.807) is 0 Å². The molecule has 0 aromatic heterocycles. The molecule has 1 heterocycles. The summed E-state index contributed by atoms with van der Waals surface area (Å²) in [5, 5.41) is 12.2. The Balaban J connectivity index is 1.75. The second kappa shape index (κ2) is 8.77. The molecule has 0 saturated heterocycles. The quantitative estimate of drug-likeness (QED) is 0.770. The fraction of sp³-hybridized carbons (Fsp3) is 0.611. The zero-order chi connectivity index (χ0) is 16.7. The summed E-state index contributed by atoms with van der Waals surface area (Å²) in [7, 11) is 0. The molecular weight excluding hydrogens is 294 g/mol. The summed E-state index contributed by atoms with van der Waals surface area (Å²) in [4.78, 5) is 12.0. The first kappa shape index (κ1) is 17.6. The van der Waals surface area contributed by atoms with Crippen LogP contribution in [0.15, 0.2) is 18.2 Å². The topological polar surface area (TPSA) is 67.8 Å². The van der Waals surface area contributed by atoms with Crippen LogP contribution in [0.25, 0.3) is 0 Å². The largest absolute Gasteiger partial charge is 0.486 e. The maximum Gasteiger partial charge on any atom is 0.220 e. The number of ether oxygens (including phenoxy) is 2. The van der Waals surface area contributed by atoms with Crippen molar-refractivity contribution in [3.05, 3.63) is 23.8 Å². The maximum atomic E-state index is 12.0. The van der Waals surface area contributed by atoms with Crippen LogP contribution in [0.2, 0.25) is 0 Å². The van der Waals surface area contributed by atoms with E-state index >= 15 is 0 Å². The van der Waals surface area contributed by atoms with Gasteiger partial charge in [-0.3, -0.25) is 4.79 Å². The number of fused-ring (bicyclic) bond motifs is 1. The van der Waals surface area contributed by atoms with Gasteiger partial charge >= 0.3 is 0 Å². The van der Waals surface area contributed by atoms with Gasteiger partial charge in [0.1, 0.15) is 13.2 Å². The lowest BCUT2D eigenvalue weighted by Crippen LogP contribution is -2.31. The zero-order valence-electron chi connectivity index (χ0n) is 14.0. The standard InChI is InChI=1S/C18H27NO4/c1-13(2)9-15(12-20)11-19-18(21)6-4-14-3-5-16-17(10-14)23-8-7-22-16/h3,5,10,13,15,20H,4,6-9,11-12H2,1-2H3,(H,19,21)/t15-/m0/s1. The summed E-state index contributed by atoms with van der Waals surface area (Å²) in [5.74, 6) is 2.19. The van der Waals surface area contributed by atoms with Crippen molar-refractivity contribution in [3.63, 3.8) is 0 Å². The minimum absolute atomic E-state index is 0.0158. The summed E-state index contributed by atoms with van der Waals surface area (Å²) >= 11 is 0. The monoisotopic (exact) mass is 321 g/mol. The number of aliphatic hydroxyl groups excluding tert-OH is 1. The number of benzene rings is 1. The van der Waals surface area contributed by atoms with E-state index in [-0.39, 0.29) is 18.4 Å². The molecule has 0 aliphatic carbocycles. The van der Waals surface area contributed by atoms with Gasteiger partial charge in [-0.05, 0) is 42.4 Å². The third-order valence-electron chi connectivity index (χ3n) is 3.90. The van der Waals surface area contributed by atoms with Crippen LogP contribution in [0.1, 0.15) is 32.3 Å². The van der Waals surface area contributed by atoms with Crippen molar-refractivity contribution in [2.24, 2.45) is 11.8 Å². The molecule has 1 aliphatic rings. The molecule has 5 heteroatoms. The molecule has 1 amide bonds. The number of hydrogen-bond donors (Lipinski definition) is 2. The molecule has 0 spiro atoms. The lowest BCUT2D eigenvalue weighted by Gasteiger charge is -2.19. The fourth-order valence-electron chi connectivity index (χ4n) is 2.74. The highest BCUT2D eigenvalue weighted by Crippen LogP contribution is 2.31. The van der Waals surface area contributed by atoms with Gasteiger partial charge in [-0.1, -0.05) is 19.9 Å². The van der Waals surface area contributed by atoms with Crippen molar-refractivity contribution < 1.29 is 19.4 Å². The van der Waals surface area contributed by atoms with Crippen LogP contribution in [0.3, 0.4) is 0 Å². The number of aryl methyl sites for hydroxylation is 1. The van der Waals surface area contributed by atoms with E-state index in [1.165, 1.54) is 0 Å². The van der Waals surface area contributed by atoms with Crippen molar-refractivity contribution in [2.45, 2.75) is 33.1 Å². The summed E-state index contributed by atoms with van der Waals surface area (Å²) in [5.41, 5.74) is 1.06. The molecule has 23 heavy (non-hydrogen) atoms. The predicted molar refractivity (Wildman–Crippen MR) is 88.8 cm³/mol. The van der Waals surface area contributed by atoms with Crippen molar-refractivity contribution in [1.82, 2.24) is 5.32 Å². The number of aliphatic hydroxyl groups is 1. The van der Waals surface area contributed by atoms with Gasteiger partial charge in [0.15, 0.2) is 11.5 Å². The second-order valence-electron chi connectivity index (χ2n) is 6.46. The summed E-state index contributed by atoms with van der Waals surface area (Å²) in [6, 6.07) is 5.80. The average Bonchev–Trinajstić information content (AvgIpc) is 2.56. The summed E-state index contributed by atoms with van der Waals surface area (Å²) in [6.45, 7) is 6.03. The minimum atomic E-state index is 0.0158. The third kappa shape index (κ3) is 5.75. The van der Waals surface area contributed by atoms with Gasteiger partial charge in [0.05, 0.1) is 0 Å². The van der Waals surface area contributed by atoms with Crippen LogP contribution < -0.4 is 14.8 Å². The molecule has 2 N–H and O–H groups in total. The predicted octanol–water partition coefficient (Wildman–Crippen LogP) is 2.16. The summed E-state index contributed by atoms with van der Waals surface area (Å²) < 4.78 is 11.0. The minimum Gasteiger partial charge on any atom is -0.486 e. The molecule has 128 valence electrons. The Labute approximate surface area is 138 Å². The van der Waals surface area contributed by atoms with E-state index < -0.39 is 0 Å². The number of nitrogens with one attached hydrogen (secondary N) is 1. The Bertz CT molecular complexity index is 516. The van der Waals surface area contributed by atoms with Gasteiger partial charge in [0.25, 0.3) is 0 Å². The average molecular weight is 321 g/mol. The van der Waals surface area contributed by atoms with Crippen LogP contribution in [-0.2, 0) is 11.2 Å². The lowest BCUT2D eigenvalue weighted by molar-refractivity contribution is -0.121.